The molecule has 0 fully saturated rings. The molecule has 0 atom stereocenters. The zero-order valence-corrected chi connectivity index (χ0v) is 12.9. The van der Waals surface area contributed by atoms with Gasteiger partial charge in [0.1, 0.15) is 0 Å². The summed E-state index contributed by atoms with van der Waals surface area (Å²) < 4.78 is 0. The number of hydrazone groups is 1. The fourth-order valence-electron chi connectivity index (χ4n) is 1.68. The fraction of sp³-hybridized carbons (Fsp3) is 0.917. The molecule has 0 heterocycles. The average molecular weight is 228 g/mol. The largest absolute Gasteiger partial charge is 0.336 e. The molecule has 3 heteroatoms. The Kier molecular flexibility index (Phi) is 4.19. The lowest BCUT2D eigenvalue weighted by atomic mass is 10.2. The van der Waals surface area contributed by atoms with Gasteiger partial charge in [-0.1, -0.05) is 41.5 Å². The summed E-state index contributed by atoms with van der Waals surface area (Å²) in [5, 5.41) is 8.55. The number of rotatable bonds is 2. The van der Waals surface area contributed by atoms with Gasteiger partial charge in [0, 0.05) is 5.71 Å². The Hall–Kier alpha value is -0.313. The molecule has 1 N–H and O–H groups in total. The molecule has 0 aromatic heterocycles. The third kappa shape index (κ3) is 3.33. The maximum atomic E-state index is 4.46. The quantitative estimate of drug-likeness (QED) is 0.428. The molecule has 0 spiro atoms. The maximum Gasteiger partial charge on any atom is 0.181 e. The van der Waals surface area contributed by atoms with Crippen LogP contribution in [0.3, 0.4) is 0 Å². The third-order valence-electron chi connectivity index (χ3n) is 3.50. The SMILES string of the molecule is CC(C)=NN[Si](C)(C(C)(C)C)C(C)(C)C. The molecular formula is C12H28N2Si. The van der Waals surface area contributed by atoms with Crippen molar-refractivity contribution in [3.05, 3.63) is 0 Å². The molecular weight excluding hydrogens is 200 g/mol. The molecule has 0 aromatic carbocycles. The Balaban J connectivity index is 5.16. The number of nitrogens with one attached hydrogen (secondary N) is 1. The third-order valence-corrected chi connectivity index (χ3v) is 10.1. The normalized spacial score (nSPS) is 13.7. The average Bonchev–Trinajstić information content (AvgIpc) is 1.95. The second kappa shape index (κ2) is 4.28. The first-order valence-electron chi connectivity index (χ1n) is 5.70. The molecule has 15 heavy (non-hydrogen) atoms. The van der Waals surface area contributed by atoms with E-state index in [1.807, 2.05) is 13.8 Å². The van der Waals surface area contributed by atoms with Crippen LogP contribution in [-0.2, 0) is 0 Å². The van der Waals surface area contributed by atoms with E-state index >= 15 is 0 Å². The van der Waals surface area contributed by atoms with Crippen molar-refractivity contribution in [1.82, 2.24) is 5.09 Å². The number of nitrogens with zero attached hydrogens (tertiary/aromatic N) is 1. The molecule has 0 aromatic rings. The highest BCUT2D eigenvalue weighted by Gasteiger charge is 2.50. The monoisotopic (exact) mass is 228 g/mol. The van der Waals surface area contributed by atoms with Gasteiger partial charge in [-0.2, -0.15) is 5.10 Å². The van der Waals surface area contributed by atoms with Crippen LogP contribution in [0.15, 0.2) is 5.10 Å². The summed E-state index contributed by atoms with van der Waals surface area (Å²) in [6, 6.07) is 0. The van der Waals surface area contributed by atoms with Gasteiger partial charge in [0.05, 0.1) is 0 Å². The molecule has 0 unspecified atom stereocenters. The summed E-state index contributed by atoms with van der Waals surface area (Å²) in [6.07, 6.45) is 0. The first kappa shape index (κ1) is 14.7. The predicted molar refractivity (Wildman–Crippen MR) is 73.0 cm³/mol. The molecule has 0 aliphatic rings. The van der Waals surface area contributed by atoms with Crippen molar-refractivity contribution in [2.75, 3.05) is 0 Å². The van der Waals surface area contributed by atoms with Crippen LogP contribution in [0, 0.1) is 0 Å². The predicted octanol–water partition coefficient (Wildman–Crippen LogP) is 4.15. The summed E-state index contributed by atoms with van der Waals surface area (Å²) in [4.78, 5) is 0. The molecule has 90 valence electrons. The lowest BCUT2D eigenvalue weighted by Crippen LogP contribution is -2.59. The molecule has 2 nitrogen and oxygen atoms in total. The van der Waals surface area contributed by atoms with E-state index in [4.69, 9.17) is 0 Å². The van der Waals surface area contributed by atoms with E-state index in [0.29, 0.717) is 10.1 Å². The molecule has 0 bridgehead atoms. The minimum absolute atomic E-state index is 0.296. The van der Waals surface area contributed by atoms with Crippen LogP contribution in [0.4, 0.5) is 0 Å². The van der Waals surface area contributed by atoms with Crippen LogP contribution in [0.2, 0.25) is 16.6 Å². The van der Waals surface area contributed by atoms with Crippen LogP contribution < -0.4 is 5.09 Å². The Labute approximate surface area is 96.6 Å². The Morgan fingerprint density at radius 1 is 0.933 bits per heavy atom. The highest BCUT2D eigenvalue weighted by Crippen LogP contribution is 2.48. The van der Waals surface area contributed by atoms with E-state index in [9.17, 15) is 0 Å². The van der Waals surface area contributed by atoms with Gasteiger partial charge in [-0.15, -0.1) is 0 Å². The van der Waals surface area contributed by atoms with Gasteiger partial charge >= 0.3 is 0 Å². The van der Waals surface area contributed by atoms with Gasteiger partial charge < -0.3 is 5.09 Å². The van der Waals surface area contributed by atoms with E-state index in [1.165, 1.54) is 0 Å². The molecule has 0 aliphatic heterocycles. The van der Waals surface area contributed by atoms with Crippen molar-refractivity contribution in [3.63, 3.8) is 0 Å². The van der Waals surface area contributed by atoms with Gasteiger partial charge in [0.2, 0.25) is 0 Å². The Morgan fingerprint density at radius 2 is 1.27 bits per heavy atom. The highest BCUT2D eigenvalue weighted by atomic mass is 28.3. The van der Waals surface area contributed by atoms with E-state index in [0.717, 1.165) is 5.71 Å². The van der Waals surface area contributed by atoms with Crippen LogP contribution >= 0.6 is 0 Å². The van der Waals surface area contributed by atoms with Gasteiger partial charge in [0.25, 0.3) is 0 Å². The highest BCUT2D eigenvalue weighted by molar-refractivity contribution is 6.81. The number of hydrogen-bond acceptors (Lipinski definition) is 2. The lowest BCUT2D eigenvalue weighted by Gasteiger charge is -2.48. The van der Waals surface area contributed by atoms with E-state index in [-0.39, 0.29) is 0 Å². The van der Waals surface area contributed by atoms with Crippen LogP contribution in [0.25, 0.3) is 0 Å². The summed E-state index contributed by atoms with van der Waals surface area (Å²) in [6.45, 7) is 20.4. The van der Waals surface area contributed by atoms with Crippen LogP contribution in [0.5, 0.6) is 0 Å². The minimum atomic E-state index is -1.65. The van der Waals surface area contributed by atoms with Crippen molar-refractivity contribution >= 4 is 13.9 Å². The van der Waals surface area contributed by atoms with Gasteiger partial charge in [-0.25, -0.2) is 0 Å². The lowest BCUT2D eigenvalue weighted by molar-refractivity contribution is 0.588. The zero-order chi connectivity index (χ0) is 12.5. The molecule has 0 radical (unpaired) electrons. The first-order valence-corrected chi connectivity index (χ1v) is 8.20. The van der Waals surface area contributed by atoms with Gasteiger partial charge in [-0.3, -0.25) is 0 Å². The summed E-state index contributed by atoms with van der Waals surface area (Å²) >= 11 is 0. The van der Waals surface area contributed by atoms with Crippen molar-refractivity contribution in [2.45, 2.75) is 72.0 Å². The van der Waals surface area contributed by atoms with E-state index in [2.05, 4.69) is 58.3 Å². The van der Waals surface area contributed by atoms with Gasteiger partial charge in [0.15, 0.2) is 8.24 Å². The van der Waals surface area contributed by atoms with Crippen molar-refractivity contribution < 1.29 is 0 Å². The standard InChI is InChI=1S/C12H28N2Si/c1-10(2)13-14-15(9,11(3,4)5)12(6,7)8/h14H,1-9H3. The van der Waals surface area contributed by atoms with Crippen LogP contribution in [0.1, 0.15) is 55.4 Å². The zero-order valence-electron chi connectivity index (χ0n) is 11.9. The summed E-state index contributed by atoms with van der Waals surface area (Å²) in [5.74, 6) is 0. The minimum Gasteiger partial charge on any atom is -0.336 e. The second-order valence-electron chi connectivity index (χ2n) is 6.80. The Bertz CT molecular complexity index is 225. The molecule has 0 saturated heterocycles. The smallest absolute Gasteiger partial charge is 0.181 e. The van der Waals surface area contributed by atoms with Crippen LogP contribution in [-0.4, -0.2) is 13.9 Å². The molecule has 0 amide bonds. The number of hydrogen-bond donors (Lipinski definition) is 1. The topological polar surface area (TPSA) is 24.4 Å². The maximum absolute atomic E-state index is 4.46. The molecule has 0 aliphatic carbocycles. The summed E-state index contributed by atoms with van der Waals surface area (Å²) in [5.41, 5.74) is 1.10. The molecule has 0 rings (SSSR count). The van der Waals surface area contributed by atoms with Crippen molar-refractivity contribution in [1.29, 1.82) is 0 Å². The van der Waals surface area contributed by atoms with Crippen molar-refractivity contribution in [3.8, 4) is 0 Å². The Morgan fingerprint density at radius 3 is 1.47 bits per heavy atom. The van der Waals surface area contributed by atoms with E-state index in [1.54, 1.807) is 0 Å². The van der Waals surface area contributed by atoms with Gasteiger partial charge in [-0.05, 0) is 30.5 Å². The fourth-order valence-corrected chi connectivity index (χ4v) is 5.05. The summed E-state index contributed by atoms with van der Waals surface area (Å²) in [7, 11) is -1.65. The van der Waals surface area contributed by atoms with E-state index < -0.39 is 8.24 Å². The first-order chi connectivity index (χ1) is 6.42. The second-order valence-corrected chi connectivity index (χ2v) is 12.3. The molecule has 0 saturated carbocycles. The van der Waals surface area contributed by atoms with Crippen molar-refractivity contribution in [2.24, 2.45) is 5.10 Å².